The van der Waals surface area contributed by atoms with Crippen LogP contribution in [0.15, 0.2) is 35.3 Å². The van der Waals surface area contributed by atoms with Gasteiger partial charge in [-0.2, -0.15) is 4.98 Å². The van der Waals surface area contributed by atoms with Gasteiger partial charge in [0.2, 0.25) is 27.8 Å². The van der Waals surface area contributed by atoms with Crippen molar-refractivity contribution < 1.29 is 32.0 Å². The molecule has 1 aliphatic carbocycles. The largest absolute Gasteiger partial charge is 0.369 e. The van der Waals surface area contributed by atoms with E-state index < -0.39 is 50.8 Å². The van der Waals surface area contributed by atoms with Crippen LogP contribution in [0, 0.1) is 17.7 Å². The summed E-state index contributed by atoms with van der Waals surface area (Å²) in [6.45, 7) is 6.34. The van der Waals surface area contributed by atoms with Crippen LogP contribution in [0.2, 0.25) is 0 Å². The number of rotatable bonds is 9. The van der Waals surface area contributed by atoms with Crippen LogP contribution in [-0.4, -0.2) is 124 Å². The van der Waals surface area contributed by atoms with Gasteiger partial charge in [0.15, 0.2) is 0 Å². The number of fused-ring (bicyclic) bond motifs is 2. The summed E-state index contributed by atoms with van der Waals surface area (Å²) in [5.41, 5.74) is 0.809. The van der Waals surface area contributed by atoms with Gasteiger partial charge in [-0.3, -0.25) is 38.8 Å². The summed E-state index contributed by atoms with van der Waals surface area (Å²) in [5.74, 6) is -1.99. The summed E-state index contributed by atoms with van der Waals surface area (Å²) in [7, 11) is -3.47. The van der Waals surface area contributed by atoms with Crippen molar-refractivity contribution in [3.05, 3.63) is 57.8 Å². The molecule has 18 heteroatoms. The van der Waals surface area contributed by atoms with E-state index in [0.717, 1.165) is 55.0 Å². The second-order valence-corrected chi connectivity index (χ2v) is 19.8. The van der Waals surface area contributed by atoms with Crippen LogP contribution in [0.5, 0.6) is 0 Å². The number of carbonyl (C=O) groups excluding carboxylic acids is 4. The molecule has 6 aliphatic rings. The molecule has 0 radical (unpaired) electrons. The number of halogens is 1. The first-order valence-electron chi connectivity index (χ1n) is 21.5. The van der Waals surface area contributed by atoms with E-state index in [1.807, 2.05) is 9.47 Å². The maximum Gasteiger partial charge on any atom is 0.262 e. The predicted octanol–water partition coefficient (Wildman–Crippen LogP) is 3.28. The molecule has 9 rings (SSSR count). The van der Waals surface area contributed by atoms with E-state index in [4.69, 9.17) is 4.98 Å². The average Bonchev–Trinajstić information content (AvgIpc) is 3.76. The van der Waals surface area contributed by atoms with Crippen molar-refractivity contribution in [2.45, 2.75) is 101 Å². The number of amides is 4. The van der Waals surface area contributed by atoms with Gasteiger partial charge in [0, 0.05) is 68.9 Å². The third-order valence-corrected chi connectivity index (χ3v) is 16.3. The minimum Gasteiger partial charge on any atom is -0.369 e. The van der Waals surface area contributed by atoms with E-state index in [2.05, 4.69) is 27.4 Å². The number of benzene rings is 1. The number of pyridine rings is 1. The third-order valence-electron chi connectivity index (χ3n) is 13.9. The fraction of sp³-hybridized carbons (Fsp3) is 0.595. The van der Waals surface area contributed by atoms with Gasteiger partial charge in [-0.1, -0.05) is 13.3 Å². The highest BCUT2D eigenvalue weighted by molar-refractivity contribution is 7.89. The summed E-state index contributed by atoms with van der Waals surface area (Å²) in [5, 5.41) is 5.99. The number of carbonyl (C=O) groups is 4. The molecule has 0 bridgehead atoms. The number of hydrogen-bond acceptors (Lipinski definition) is 12. The number of imide groups is 2. The van der Waals surface area contributed by atoms with Gasteiger partial charge in [-0.25, -0.2) is 22.1 Å². The van der Waals surface area contributed by atoms with E-state index in [1.54, 1.807) is 22.6 Å². The van der Waals surface area contributed by atoms with E-state index in [9.17, 15) is 32.4 Å². The van der Waals surface area contributed by atoms with Crippen molar-refractivity contribution in [3.8, 4) is 0 Å². The Labute approximate surface area is 347 Å². The predicted molar refractivity (Wildman–Crippen MR) is 220 cm³/mol. The zero-order valence-electron chi connectivity index (χ0n) is 33.9. The second-order valence-electron chi connectivity index (χ2n) is 17.6. The van der Waals surface area contributed by atoms with E-state index >= 15 is 4.39 Å². The molecule has 3 aromatic rings. The normalized spacial score (nSPS) is 25.7. The van der Waals surface area contributed by atoms with Crippen LogP contribution in [0.25, 0.3) is 11.0 Å². The maximum absolute atomic E-state index is 15.5. The quantitative estimate of drug-likeness (QED) is 0.300. The molecule has 2 aromatic heterocycles. The van der Waals surface area contributed by atoms with Gasteiger partial charge in [0.1, 0.15) is 17.5 Å². The molecule has 0 spiro atoms. The molecule has 60 heavy (non-hydrogen) atoms. The molecule has 4 saturated heterocycles. The molecule has 7 heterocycles. The molecular formula is C42H52FN9O7S. The summed E-state index contributed by atoms with van der Waals surface area (Å²) >= 11 is 0. The molecule has 16 nitrogen and oxygen atoms in total. The lowest BCUT2D eigenvalue weighted by atomic mass is 9.94. The zero-order valence-corrected chi connectivity index (χ0v) is 34.7. The first-order valence-corrected chi connectivity index (χ1v) is 23.0. The Morgan fingerprint density at radius 2 is 1.57 bits per heavy atom. The Kier molecular flexibility index (Phi) is 11.0. The highest BCUT2D eigenvalue weighted by Gasteiger charge is 2.46. The fourth-order valence-electron chi connectivity index (χ4n) is 10.4. The van der Waals surface area contributed by atoms with Gasteiger partial charge in [-0.15, -0.1) is 0 Å². The molecule has 1 aromatic carbocycles. The fourth-order valence-corrected chi connectivity index (χ4v) is 12.4. The molecule has 320 valence electrons. The third kappa shape index (κ3) is 7.59. The average molecular weight is 846 g/mol. The van der Waals surface area contributed by atoms with E-state index in [1.165, 1.54) is 6.07 Å². The topological polar surface area (TPSA) is 187 Å². The molecule has 5 aliphatic heterocycles. The van der Waals surface area contributed by atoms with Crippen LogP contribution in [0.4, 0.5) is 16.0 Å². The number of nitrogens with one attached hydrogen (secondary N) is 2. The minimum atomic E-state index is -3.47. The number of likely N-dealkylation sites (tertiary alicyclic amines) is 1. The van der Waals surface area contributed by atoms with Gasteiger partial charge in [0.25, 0.3) is 17.4 Å². The standard InChI is InChI=1S/C42H52FN9O7S/c1-25-3-2-4-33(25)51-37(54)8-5-27-23-44-42(47-38(27)51)45-28-11-19-50(20-12-28)60(58,59)29-13-15-48(16-14-29)24-26-9-17-49(18-10-26)35-22-31-30(21-32(35)43)40(56)52(41(31)57)34-6-7-36(53)46-39(34)55/h5,8,21-23,25-26,28-29,33-34H,2-4,6-7,9-20,24H2,1H3,(H,44,45,47)(H,46,53,55)/t25-,33?,34?/m0/s1. The molecule has 4 amide bonds. The lowest BCUT2D eigenvalue weighted by Gasteiger charge is -2.40. The van der Waals surface area contributed by atoms with Crippen molar-refractivity contribution >= 4 is 56.3 Å². The van der Waals surface area contributed by atoms with Crippen molar-refractivity contribution in [3.63, 3.8) is 0 Å². The van der Waals surface area contributed by atoms with Crippen molar-refractivity contribution in [1.82, 2.24) is 34.0 Å². The lowest BCUT2D eigenvalue weighted by molar-refractivity contribution is -0.136. The van der Waals surface area contributed by atoms with Crippen LogP contribution in [0.3, 0.4) is 0 Å². The molecule has 3 atom stereocenters. The number of sulfonamides is 1. The SMILES string of the molecule is C[C@H]1CCCC1n1c(=O)ccc2cnc(NC3CCN(S(=O)(=O)C4CCN(CC5CCN(c6cc7c(cc6F)C(=O)N(C6CCC(=O)NC6=O)C7=O)CC5)CC4)CC3)nc21. The monoisotopic (exact) mass is 845 g/mol. The number of anilines is 2. The van der Waals surface area contributed by atoms with Crippen molar-refractivity contribution in [2.24, 2.45) is 11.8 Å². The van der Waals surface area contributed by atoms with E-state index in [-0.39, 0.29) is 47.3 Å². The van der Waals surface area contributed by atoms with Crippen LogP contribution in [-0.2, 0) is 19.6 Å². The van der Waals surface area contributed by atoms with Gasteiger partial charge in [0.05, 0.1) is 22.1 Å². The maximum atomic E-state index is 15.5. The Hall–Kier alpha value is -4.81. The summed E-state index contributed by atoms with van der Waals surface area (Å²) in [6.07, 6.45) is 8.88. The zero-order chi connectivity index (χ0) is 41.9. The number of hydrogen-bond donors (Lipinski definition) is 2. The Morgan fingerprint density at radius 1 is 0.850 bits per heavy atom. The molecular weight excluding hydrogens is 794 g/mol. The van der Waals surface area contributed by atoms with E-state index in [0.29, 0.717) is 88.4 Å². The van der Waals surface area contributed by atoms with Crippen LogP contribution >= 0.6 is 0 Å². The number of nitrogens with zero attached hydrogens (tertiary/aromatic N) is 7. The van der Waals surface area contributed by atoms with Gasteiger partial charge in [-0.05, 0) is 101 Å². The first-order chi connectivity index (χ1) is 28.8. The van der Waals surface area contributed by atoms with Crippen molar-refractivity contribution in [2.75, 3.05) is 56.0 Å². The summed E-state index contributed by atoms with van der Waals surface area (Å²) < 4.78 is 46.6. The highest BCUT2D eigenvalue weighted by atomic mass is 32.2. The first kappa shape index (κ1) is 40.6. The summed E-state index contributed by atoms with van der Waals surface area (Å²) in [6, 6.07) is 4.88. The molecule has 5 fully saturated rings. The Balaban J connectivity index is 0.743. The molecule has 2 unspecified atom stereocenters. The second kappa shape index (κ2) is 16.2. The van der Waals surface area contributed by atoms with Crippen LogP contribution < -0.4 is 21.1 Å². The molecule has 1 saturated carbocycles. The number of aromatic nitrogens is 3. The highest BCUT2D eigenvalue weighted by Crippen LogP contribution is 2.37. The van der Waals surface area contributed by atoms with Crippen LogP contribution in [0.1, 0.15) is 104 Å². The number of piperidine rings is 4. The van der Waals surface area contributed by atoms with Gasteiger partial charge < -0.3 is 15.1 Å². The molecule has 2 N–H and O–H groups in total. The van der Waals surface area contributed by atoms with Gasteiger partial charge >= 0.3 is 0 Å². The Morgan fingerprint density at radius 3 is 2.25 bits per heavy atom. The van der Waals surface area contributed by atoms with Crippen molar-refractivity contribution in [1.29, 1.82) is 0 Å². The summed E-state index contributed by atoms with van der Waals surface area (Å²) in [4.78, 5) is 77.9. The minimum absolute atomic E-state index is 0.00524. The Bertz CT molecular complexity index is 2390. The smallest absolute Gasteiger partial charge is 0.262 e. The lowest BCUT2D eigenvalue weighted by Crippen LogP contribution is -2.54.